The molecule has 0 N–H and O–H groups in total. The molecule has 0 aliphatic heterocycles. The Morgan fingerprint density at radius 1 is 1.06 bits per heavy atom. The lowest BCUT2D eigenvalue weighted by atomic mass is 9.83. The van der Waals surface area contributed by atoms with Gasteiger partial charge in [0.15, 0.2) is 0 Å². The first-order valence-corrected chi connectivity index (χ1v) is 6.40. The molecule has 2 unspecified atom stereocenters. The van der Waals surface area contributed by atoms with Gasteiger partial charge in [-0.3, -0.25) is 0 Å². The average molecular weight is 230 g/mol. The Kier molecular flexibility index (Phi) is 9.06. The summed E-state index contributed by atoms with van der Waals surface area (Å²) in [5, 5.41) is 0. The molecule has 0 amide bonds. The van der Waals surface area contributed by atoms with E-state index in [9.17, 15) is 4.79 Å². The number of ether oxygens (including phenoxy) is 2. The molecule has 0 saturated heterocycles. The zero-order valence-corrected chi connectivity index (χ0v) is 11.1. The second kappa shape index (κ2) is 9.49. The van der Waals surface area contributed by atoms with Crippen molar-refractivity contribution in [1.29, 1.82) is 0 Å². The van der Waals surface area contributed by atoms with Gasteiger partial charge in [0.25, 0.3) is 0 Å². The van der Waals surface area contributed by atoms with E-state index in [2.05, 4.69) is 25.5 Å². The first-order valence-electron chi connectivity index (χ1n) is 6.40. The second-order valence-corrected chi connectivity index (χ2v) is 4.22. The van der Waals surface area contributed by atoms with Crippen LogP contribution in [0.1, 0.15) is 52.9 Å². The Balaban J connectivity index is 3.92. The molecule has 0 aliphatic rings. The van der Waals surface area contributed by atoms with Gasteiger partial charge in [-0.1, -0.05) is 46.5 Å². The maximum absolute atomic E-state index is 10.8. The lowest BCUT2D eigenvalue weighted by molar-refractivity contribution is 0.0644. The van der Waals surface area contributed by atoms with Crippen molar-refractivity contribution in [2.45, 2.75) is 52.9 Å². The highest BCUT2D eigenvalue weighted by atomic mass is 16.7. The van der Waals surface area contributed by atoms with Crippen LogP contribution in [-0.2, 0) is 9.47 Å². The van der Waals surface area contributed by atoms with Gasteiger partial charge in [0, 0.05) is 0 Å². The topological polar surface area (TPSA) is 35.5 Å². The summed E-state index contributed by atoms with van der Waals surface area (Å²) in [7, 11) is 1.34. The molecule has 0 spiro atoms. The molecular formula is C13H26O3. The van der Waals surface area contributed by atoms with Gasteiger partial charge in [-0.05, 0) is 18.3 Å². The van der Waals surface area contributed by atoms with Crippen LogP contribution in [0.2, 0.25) is 0 Å². The second-order valence-electron chi connectivity index (χ2n) is 4.22. The van der Waals surface area contributed by atoms with Crippen LogP contribution in [0.25, 0.3) is 0 Å². The number of hydrogen-bond acceptors (Lipinski definition) is 3. The van der Waals surface area contributed by atoms with Gasteiger partial charge in [0.2, 0.25) is 0 Å². The van der Waals surface area contributed by atoms with Crippen LogP contribution in [0.5, 0.6) is 0 Å². The molecule has 0 saturated carbocycles. The van der Waals surface area contributed by atoms with E-state index < -0.39 is 6.16 Å². The number of carbonyl (C=O) groups excluding carboxylic acids is 1. The molecule has 0 aliphatic carbocycles. The summed E-state index contributed by atoms with van der Waals surface area (Å²) in [6, 6.07) is 0. The Hall–Kier alpha value is -0.730. The first kappa shape index (κ1) is 15.3. The van der Waals surface area contributed by atoms with E-state index in [4.69, 9.17) is 4.74 Å². The van der Waals surface area contributed by atoms with Crippen molar-refractivity contribution >= 4 is 6.16 Å². The molecule has 0 aromatic rings. The fourth-order valence-corrected chi connectivity index (χ4v) is 2.27. The highest BCUT2D eigenvalue weighted by molar-refractivity contribution is 5.59. The van der Waals surface area contributed by atoms with Gasteiger partial charge in [0.05, 0.1) is 13.7 Å². The van der Waals surface area contributed by atoms with Gasteiger partial charge in [0.1, 0.15) is 0 Å². The highest BCUT2D eigenvalue weighted by Crippen LogP contribution is 2.26. The van der Waals surface area contributed by atoms with Gasteiger partial charge >= 0.3 is 6.16 Å². The van der Waals surface area contributed by atoms with Crippen molar-refractivity contribution in [1.82, 2.24) is 0 Å². The molecule has 96 valence electrons. The van der Waals surface area contributed by atoms with Crippen LogP contribution in [-0.4, -0.2) is 19.9 Å². The molecule has 2 atom stereocenters. The number of hydrogen-bond donors (Lipinski definition) is 0. The highest BCUT2D eigenvalue weighted by Gasteiger charge is 2.17. The molecule has 0 bridgehead atoms. The summed E-state index contributed by atoms with van der Waals surface area (Å²) in [5.74, 6) is 1.42. The Labute approximate surface area is 99.5 Å². The van der Waals surface area contributed by atoms with Crippen LogP contribution >= 0.6 is 0 Å². The largest absolute Gasteiger partial charge is 0.507 e. The minimum absolute atomic E-state index is 0.478. The lowest BCUT2D eigenvalue weighted by Gasteiger charge is -2.24. The predicted octanol–water partition coefficient (Wildman–Crippen LogP) is 4.01. The third kappa shape index (κ3) is 5.99. The molecule has 0 aromatic carbocycles. The van der Waals surface area contributed by atoms with Crippen LogP contribution in [0.4, 0.5) is 4.79 Å². The van der Waals surface area contributed by atoms with E-state index >= 15 is 0 Å². The summed E-state index contributed by atoms with van der Waals surface area (Å²) in [6.07, 6.45) is 5.25. The van der Waals surface area contributed by atoms with Crippen molar-refractivity contribution in [3.8, 4) is 0 Å². The molecule has 0 fully saturated rings. The van der Waals surface area contributed by atoms with Gasteiger partial charge in [-0.2, -0.15) is 0 Å². The normalized spacial score (nSPS) is 14.2. The van der Waals surface area contributed by atoms with E-state index in [1.807, 2.05) is 0 Å². The van der Waals surface area contributed by atoms with Crippen LogP contribution in [0.15, 0.2) is 0 Å². The molecule has 0 radical (unpaired) electrons. The summed E-state index contributed by atoms with van der Waals surface area (Å²) in [6.45, 7) is 7.15. The Morgan fingerprint density at radius 3 is 2.06 bits per heavy atom. The third-order valence-corrected chi connectivity index (χ3v) is 3.25. The van der Waals surface area contributed by atoms with Crippen molar-refractivity contribution in [2.75, 3.05) is 13.7 Å². The number of rotatable bonds is 8. The van der Waals surface area contributed by atoms with E-state index in [-0.39, 0.29) is 0 Å². The Morgan fingerprint density at radius 2 is 1.62 bits per heavy atom. The number of carbonyl (C=O) groups is 1. The molecule has 0 aromatic heterocycles. The standard InChI is InChI=1S/C13H26O3/c1-5-8-11(6-2)12(7-3)9-10-16-13(14)15-4/h11-12H,5-10H2,1-4H3. The van der Waals surface area contributed by atoms with E-state index in [0.717, 1.165) is 18.8 Å². The third-order valence-electron chi connectivity index (χ3n) is 3.25. The summed E-state index contributed by atoms with van der Waals surface area (Å²) < 4.78 is 9.37. The fourth-order valence-electron chi connectivity index (χ4n) is 2.27. The molecule has 0 heterocycles. The van der Waals surface area contributed by atoms with Crippen molar-refractivity contribution < 1.29 is 14.3 Å². The first-order chi connectivity index (χ1) is 7.69. The van der Waals surface area contributed by atoms with Crippen LogP contribution in [0.3, 0.4) is 0 Å². The molecule has 16 heavy (non-hydrogen) atoms. The average Bonchev–Trinajstić information content (AvgIpc) is 2.32. The van der Waals surface area contributed by atoms with E-state index in [0.29, 0.717) is 12.5 Å². The zero-order chi connectivity index (χ0) is 12.4. The lowest BCUT2D eigenvalue weighted by Crippen LogP contribution is -2.17. The van der Waals surface area contributed by atoms with E-state index in [1.165, 1.54) is 26.4 Å². The minimum atomic E-state index is -0.571. The summed E-state index contributed by atoms with van der Waals surface area (Å²) >= 11 is 0. The maximum Gasteiger partial charge on any atom is 0.507 e. The summed E-state index contributed by atoms with van der Waals surface area (Å²) in [4.78, 5) is 10.8. The van der Waals surface area contributed by atoms with Crippen molar-refractivity contribution in [3.05, 3.63) is 0 Å². The molecule has 0 rings (SSSR count). The smallest absolute Gasteiger partial charge is 0.438 e. The van der Waals surface area contributed by atoms with Crippen molar-refractivity contribution in [3.63, 3.8) is 0 Å². The summed E-state index contributed by atoms with van der Waals surface area (Å²) in [5.41, 5.74) is 0. The van der Waals surface area contributed by atoms with Gasteiger partial charge < -0.3 is 9.47 Å². The van der Waals surface area contributed by atoms with Gasteiger partial charge in [-0.15, -0.1) is 0 Å². The quantitative estimate of drug-likeness (QED) is 0.591. The Bertz CT molecular complexity index is 180. The minimum Gasteiger partial charge on any atom is -0.438 e. The molecule has 3 heteroatoms. The molecular weight excluding hydrogens is 204 g/mol. The number of methoxy groups -OCH3 is 1. The predicted molar refractivity (Wildman–Crippen MR) is 65.4 cm³/mol. The van der Waals surface area contributed by atoms with Crippen LogP contribution in [0, 0.1) is 11.8 Å². The SMILES string of the molecule is CCCC(CC)C(CC)CCOC(=O)OC. The van der Waals surface area contributed by atoms with Crippen molar-refractivity contribution in [2.24, 2.45) is 11.8 Å². The fraction of sp³-hybridized carbons (Fsp3) is 0.923. The maximum atomic E-state index is 10.8. The zero-order valence-electron chi connectivity index (χ0n) is 11.1. The van der Waals surface area contributed by atoms with Crippen LogP contribution < -0.4 is 0 Å². The molecule has 3 nitrogen and oxygen atoms in total. The van der Waals surface area contributed by atoms with E-state index in [1.54, 1.807) is 0 Å². The monoisotopic (exact) mass is 230 g/mol. The van der Waals surface area contributed by atoms with Gasteiger partial charge in [-0.25, -0.2) is 4.79 Å².